The van der Waals surface area contributed by atoms with E-state index in [4.69, 9.17) is 4.74 Å². The van der Waals surface area contributed by atoms with Gasteiger partial charge in [-0.3, -0.25) is 9.59 Å². The number of amides is 2. The highest BCUT2D eigenvalue weighted by Crippen LogP contribution is 2.57. The van der Waals surface area contributed by atoms with Crippen molar-refractivity contribution in [2.75, 3.05) is 4.90 Å². The molecule has 1 aromatic rings. The molecule has 4 atom stereocenters. The molecule has 102 valence electrons. The number of anilines is 1. The van der Waals surface area contributed by atoms with Crippen molar-refractivity contribution in [2.45, 2.75) is 25.0 Å². The molecular weight excluding hydrogens is 254 g/mol. The van der Waals surface area contributed by atoms with Crippen molar-refractivity contribution < 1.29 is 14.3 Å². The predicted molar refractivity (Wildman–Crippen MR) is 73.0 cm³/mol. The molecule has 0 aliphatic carbocycles. The van der Waals surface area contributed by atoms with Crippen LogP contribution in [-0.4, -0.2) is 23.0 Å². The number of hydrogen-bond donors (Lipinski definition) is 0. The van der Waals surface area contributed by atoms with Crippen LogP contribution < -0.4 is 4.90 Å². The van der Waals surface area contributed by atoms with Crippen LogP contribution in [0, 0.1) is 11.8 Å². The third kappa shape index (κ3) is 1.20. The minimum absolute atomic E-state index is 0.151. The zero-order chi connectivity index (χ0) is 14.1. The van der Waals surface area contributed by atoms with Gasteiger partial charge in [-0.2, -0.15) is 0 Å². The summed E-state index contributed by atoms with van der Waals surface area (Å²) >= 11 is 0. The molecule has 4 heteroatoms. The molecule has 0 unspecified atom stereocenters. The van der Waals surface area contributed by atoms with Crippen LogP contribution >= 0.6 is 0 Å². The van der Waals surface area contributed by atoms with Crippen LogP contribution in [0.3, 0.4) is 0 Å². The van der Waals surface area contributed by atoms with Gasteiger partial charge in [0.25, 0.3) is 0 Å². The average molecular weight is 269 g/mol. The molecule has 0 saturated carbocycles. The number of nitrogens with zero attached hydrogens (tertiary/aromatic N) is 1. The van der Waals surface area contributed by atoms with Gasteiger partial charge in [-0.25, -0.2) is 4.90 Å². The molecule has 3 aliphatic rings. The van der Waals surface area contributed by atoms with Crippen LogP contribution in [0.25, 0.3) is 0 Å². The molecule has 2 amide bonds. The molecule has 2 fully saturated rings. The molecule has 3 heterocycles. The number of rotatable bonds is 1. The third-order valence-electron chi connectivity index (χ3n) is 4.74. The van der Waals surface area contributed by atoms with E-state index >= 15 is 0 Å². The Morgan fingerprint density at radius 3 is 1.95 bits per heavy atom. The van der Waals surface area contributed by atoms with Crippen molar-refractivity contribution in [3.8, 4) is 0 Å². The van der Waals surface area contributed by atoms with E-state index in [1.165, 1.54) is 4.90 Å². The average Bonchev–Trinajstić information content (AvgIpc) is 2.96. The van der Waals surface area contributed by atoms with Crippen LogP contribution in [-0.2, 0) is 14.3 Å². The van der Waals surface area contributed by atoms with Crippen LogP contribution in [0.2, 0.25) is 0 Å². The largest absolute Gasteiger partial charge is 0.359 e. The Kier molecular flexibility index (Phi) is 2.01. The molecule has 2 bridgehead atoms. The van der Waals surface area contributed by atoms with E-state index in [2.05, 4.69) is 0 Å². The fourth-order valence-corrected chi connectivity index (χ4v) is 3.86. The highest BCUT2D eigenvalue weighted by molar-refractivity contribution is 6.23. The number of ether oxygens (including phenoxy) is 1. The molecule has 4 nitrogen and oxygen atoms in total. The molecule has 20 heavy (non-hydrogen) atoms. The van der Waals surface area contributed by atoms with Gasteiger partial charge in [0.15, 0.2) is 0 Å². The van der Waals surface area contributed by atoms with E-state index in [-0.39, 0.29) is 11.8 Å². The summed E-state index contributed by atoms with van der Waals surface area (Å²) in [6.07, 6.45) is 3.85. The first-order valence-electron chi connectivity index (χ1n) is 6.80. The summed E-state index contributed by atoms with van der Waals surface area (Å²) in [6, 6.07) is 9.11. The van der Waals surface area contributed by atoms with E-state index in [1.807, 2.05) is 44.2 Å². The molecule has 1 aromatic carbocycles. The summed E-state index contributed by atoms with van der Waals surface area (Å²) in [4.78, 5) is 26.8. The first kappa shape index (κ1) is 11.9. The summed E-state index contributed by atoms with van der Waals surface area (Å²) in [6.45, 7) is 3.78. The normalized spacial score (nSPS) is 41.6. The van der Waals surface area contributed by atoms with Crippen molar-refractivity contribution in [1.29, 1.82) is 0 Å². The molecular formula is C16H15NO3. The Morgan fingerprint density at radius 1 is 0.950 bits per heavy atom. The molecule has 3 aliphatic heterocycles. The van der Waals surface area contributed by atoms with Gasteiger partial charge >= 0.3 is 0 Å². The fourth-order valence-electron chi connectivity index (χ4n) is 3.86. The van der Waals surface area contributed by atoms with Gasteiger partial charge < -0.3 is 4.74 Å². The second kappa shape index (κ2) is 3.38. The monoisotopic (exact) mass is 269 g/mol. The Bertz CT molecular complexity index is 617. The fraction of sp³-hybridized carbons (Fsp3) is 0.375. The van der Waals surface area contributed by atoms with Crippen LogP contribution in [0.5, 0.6) is 0 Å². The third-order valence-corrected chi connectivity index (χ3v) is 4.74. The molecule has 0 N–H and O–H groups in total. The zero-order valence-corrected chi connectivity index (χ0v) is 11.4. The topological polar surface area (TPSA) is 46.6 Å². The first-order valence-corrected chi connectivity index (χ1v) is 6.80. The van der Waals surface area contributed by atoms with Crippen LogP contribution in [0.1, 0.15) is 13.8 Å². The summed E-state index contributed by atoms with van der Waals surface area (Å²) in [7, 11) is 0. The number of carbonyl (C=O) groups is 2. The van der Waals surface area contributed by atoms with Gasteiger partial charge in [-0.1, -0.05) is 30.4 Å². The van der Waals surface area contributed by atoms with Crippen molar-refractivity contribution in [2.24, 2.45) is 11.8 Å². The van der Waals surface area contributed by atoms with Crippen LogP contribution in [0.15, 0.2) is 42.5 Å². The lowest BCUT2D eigenvalue weighted by Gasteiger charge is -2.25. The SMILES string of the molecule is C[C@]12C=C[C@](C)(O1)[C@H]1C(=O)N(c3ccccc3)C(=O)[C@@H]12. The van der Waals surface area contributed by atoms with E-state index < -0.39 is 23.0 Å². The minimum Gasteiger partial charge on any atom is -0.359 e. The molecule has 2 saturated heterocycles. The smallest absolute Gasteiger partial charge is 0.241 e. The van der Waals surface area contributed by atoms with Gasteiger partial charge in [0, 0.05) is 0 Å². The quantitative estimate of drug-likeness (QED) is 0.578. The standard InChI is InChI=1S/C16H15NO3/c1-15-8-9-16(2,20-15)12-11(15)13(18)17(14(12)19)10-6-4-3-5-7-10/h3-9,11-12H,1-2H3/t11-,12-,15-,16+/m1/s1. The second-order valence-electron chi connectivity index (χ2n) is 6.11. The number of hydrogen-bond acceptors (Lipinski definition) is 3. The Hall–Kier alpha value is -1.94. The first-order chi connectivity index (χ1) is 9.46. The van der Waals surface area contributed by atoms with Crippen molar-refractivity contribution >= 4 is 17.5 Å². The summed E-state index contributed by atoms with van der Waals surface area (Å²) < 4.78 is 5.96. The van der Waals surface area contributed by atoms with Gasteiger partial charge in [0.2, 0.25) is 11.8 Å². The van der Waals surface area contributed by atoms with Gasteiger partial charge in [-0.15, -0.1) is 0 Å². The van der Waals surface area contributed by atoms with E-state index in [0.717, 1.165) is 0 Å². The van der Waals surface area contributed by atoms with E-state index in [9.17, 15) is 9.59 Å². The number of carbonyl (C=O) groups excluding carboxylic acids is 2. The number of imide groups is 1. The number of para-hydroxylation sites is 1. The number of benzene rings is 1. The highest BCUT2D eigenvalue weighted by Gasteiger charge is 2.70. The molecule has 4 rings (SSSR count). The second-order valence-corrected chi connectivity index (χ2v) is 6.11. The maximum absolute atomic E-state index is 12.7. The van der Waals surface area contributed by atoms with E-state index in [1.54, 1.807) is 12.1 Å². The van der Waals surface area contributed by atoms with Crippen molar-refractivity contribution in [3.63, 3.8) is 0 Å². The van der Waals surface area contributed by atoms with Gasteiger partial charge in [0.05, 0.1) is 28.7 Å². The maximum Gasteiger partial charge on any atom is 0.241 e. The Labute approximate surface area is 117 Å². The summed E-state index contributed by atoms with van der Waals surface area (Å²) in [5, 5.41) is 0. The zero-order valence-electron chi connectivity index (χ0n) is 11.4. The summed E-state index contributed by atoms with van der Waals surface area (Å²) in [5.41, 5.74) is -0.672. The van der Waals surface area contributed by atoms with E-state index in [0.29, 0.717) is 5.69 Å². The predicted octanol–water partition coefficient (Wildman–Crippen LogP) is 1.91. The van der Waals surface area contributed by atoms with Gasteiger partial charge in [-0.05, 0) is 26.0 Å². The summed E-state index contributed by atoms with van der Waals surface area (Å²) in [5.74, 6) is -1.13. The van der Waals surface area contributed by atoms with Crippen LogP contribution in [0.4, 0.5) is 5.69 Å². The minimum atomic E-state index is -0.657. The lowest BCUT2D eigenvalue weighted by atomic mass is 9.73. The highest BCUT2D eigenvalue weighted by atomic mass is 16.5. The number of fused-ring (bicyclic) bond motifs is 5. The van der Waals surface area contributed by atoms with Gasteiger partial charge in [0.1, 0.15) is 0 Å². The lowest BCUT2D eigenvalue weighted by molar-refractivity contribution is -0.128. The molecule has 0 radical (unpaired) electrons. The molecule has 0 spiro atoms. The Morgan fingerprint density at radius 2 is 1.45 bits per heavy atom. The Balaban J connectivity index is 1.83. The lowest BCUT2D eigenvalue weighted by Crippen LogP contribution is -2.39. The van der Waals surface area contributed by atoms with Crippen molar-refractivity contribution in [1.82, 2.24) is 0 Å². The molecule has 0 aromatic heterocycles. The van der Waals surface area contributed by atoms with Crippen molar-refractivity contribution in [3.05, 3.63) is 42.5 Å². The maximum atomic E-state index is 12.7.